The van der Waals surface area contributed by atoms with Crippen LogP contribution in [0.1, 0.15) is 25.8 Å². The van der Waals surface area contributed by atoms with Crippen LogP contribution >= 0.6 is 15.9 Å². The third-order valence-electron chi connectivity index (χ3n) is 3.73. The third-order valence-corrected chi connectivity index (χ3v) is 4.22. The van der Waals surface area contributed by atoms with E-state index < -0.39 is 0 Å². The first-order valence-electron chi connectivity index (χ1n) is 6.53. The summed E-state index contributed by atoms with van der Waals surface area (Å²) in [5, 5.41) is 0. The molecule has 0 aliphatic heterocycles. The van der Waals surface area contributed by atoms with Gasteiger partial charge in [-0.15, -0.1) is 0 Å². The molecule has 0 fully saturated rings. The predicted octanol–water partition coefficient (Wildman–Crippen LogP) is 5.93. The van der Waals surface area contributed by atoms with E-state index in [4.69, 9.17) is 0 Å². The Kier molecular flexibility index (Phi) is 4.26. The standard InChI is InChI=1S/C18H19Br/c1-4-16(5-2)18(3)11-9-14(10-12-18)15-7-6-8-17(19)13-15/h4-11,13H,1,12H2,2-3H3/b16-5+. The second kappa shape index (κ2) is 5.75. The van der Waals surface area contributed by atoms with Crippen molar-refractivity contribution in [2.75, 3.05) is 0 Å². The fourth-order valence-corrected chi connectivity index (χ4v) is 2.91. The lowest BCUT2D eigenvalue weighted by Crippen LogP contribution is -2.16. The van der Waals surface area contributed by atoms with Gasteiger partial charge in [0.1, 0.15) is 0 Å². The van der Waals surface area contributed by atoms with E-state index in [1.807, 2.05) is 6.08 Å². The highest BCUT2D eigenvalue weighted by atomic mass is 79.9. The molecule has 1 aliphatic carbocycles. The molecule has 1 atom stereocenters. The minimum atomic E-state index is 0.0754. The zero-order valence-corrected chi connectivity index (χ0v) is 13.1. The highest BCUT2D eigenvalue weighted by Gasteiger charge is 2.25. The van der Waals surface area contributed by atoms with Crippen LogP contribution in [0.5, 0.6) is 0 Å². The Balaban J connectivity index is 2.27. The van der Waals surface area contributed by atoms with Crippen LogP contribution in [0.2, 0.25) is 0 Å². The third kappa shape index (κ3) is 2.98. The molecule has 0 nitrogen and oxygen atoms in total. The van der Waals surface area contributed by atoms with Gasteiger partial charge in [-0.2, -0.15) is 0 Å². The Bertz CT molecular complexity index is 575. The molecule has 0 saturated carbocycles. The van der Waals surface area contributed by atoms with E-state index in [0.29, 0.717) is 0 Å². The molecule has 1 unspecified atom stereocenters. The van der Waals surface area contributed by atoms with Gasteiger partial charge < -0.3 is 0 Å². The fraction of sp³-hybridized carbons (Fsp3) is 0.222. The highest BCUT2D eigenvalue weighted by molar-refractivity contribution is 9.10. The average Bonchev–Trinajstić information content (AvgIpc) is 2.40. The van der Waals surface area contributed by atoms with Gasteiger partial charge in [0.25, 0.3) is 0 Å². The molecule has 1 heteroatoms. The lowest BCUT2D eigenvalue weighted by molar-refractivity contribution is 0.531. The Morgan fingerprint density at radius 1 is 1.42 bits per heavy atom. The van der Waals surface area contributed by atoms with Gasteiger partial charge in [0.05, 0.1) is 0 Å². The summed E-state index contributed by atoms with van der Waals surface area (Å²) in [7, 11) is 0. The molecule has 0 N–H and O–H groups in total. The summed E-state index contributed by atoms with van der Waals surface area (Å²) in [5.41, 5.74) is 3.91. The Labute approximate surface area is 124 Å². The van der Waals surface area contributed by atoms with E-state index in [0.717, 1.165) is 10.9 Å². The molecule has 98 valence electrons. The summed E-state index contributed by atoms with van der Waals surface area (Å²) >= 11 is 3.52. The second-order valence-corrected chi connectivity index (χ2v) is 5.99. The first-order valence-corrected chi connectivity index (χ1v) is 7.33. The Hall–Kier alpha value is -1.34. The van der Waals surface area contributed by atoms with Crippen molar-refractivity contribution in [1.82, 2.24) is 0 Å². The van der Waals surface area contributed by atoms with Crippen molar-refractivity contribution < 1.29 is 0 Å². The molecule has 0 radical (unpaired) electrons. The summed E-state index contributed by atoms with van der Waals surface area (Å²) in [4.78, 5) is 0. The van der Waals surface area contributed by atoms with Gasteiger partial charge in [-0.05, 0) is 42.2 Å². The van der Waals surface area contributed by atoms with Crippen molar-refractivity contribution in [2.45, 2.75) is 20.3 Å². The van der Waals surface area contributed by atoms with Crippen LogP contribution in [-0.4, -0.2) is 0 Å². The van der Waals surface area contributed by atoms with Gasteiger partial charge in [-0.1, -0.05) is 71.9 Å². The van der Waals surface area contributed by atoms with Gasteiger partial charge in [0.15, 0.2) is 0 Å². The van der Waals surface area contributed by atoms with E-state index in [2.05, 4.69) is 84.9 Å². The number of hydrogen-bond acceptors (Lipinski definition) is 0. The van der Waals surface area contributed by atoms with Crippen molar-refractivity contribution in [3.05, 3.63) is 76.8 Å². The number of benzene rings is 1. The average molecular weight is 315 g/mol. The molecular formula is C18H19Br. The molecule has 2 rings (SSSR count). The summed E-state index contributed by atoms with van der Waals surface area (Å²) in [6.45, 7) is 8.24. The van der Waals surface area contributed by atoms with E-state index in [-0.39, 0.29) is 5.41 Å². The lowest BCUT2D eigenvalue weighted by atomic mass is 9.75. The minimum absolute atomic E-state index is 0.0754. The zero-order chi connectivity index (χ0) is 13.9. The molecule has 19 heavy (non-hydrogen) atoms. The number of rotatable bonds is 3. The van der Waals surface area contributed by atoms with Crippen molar-refractivity contribution in [1.29, 1.82) is 0 Å². The van der Waals surface area contributed by atoms with Crippen molar-refractivity contribution in [2.24, 2.45) is 5.41 Å². The van der Waals surface area contributed by atoms with Crippen molar-refractivity contribution in [3.63, 3.8) is 0 Å². The van der Waals surface area contributed by atoms with Gasteiger partial charge in [-0.25, -0.2) is 0 Å². The fourth-order valence-electron chi connectivity index (χ4n) is 2.51. The van der Waals surface area contributed by atoms with Crippen molar-refractivity contribution >= 4 is 21.5 Å². The van der Waals surface area contributed by atoms with Crippen molar-refractivity contribution in [3.8, 4) is 0 Å². The lowest BCUT2D eigenvalue weighted by Gasteiger charge is -2.29. The molecule has 0 amide bonds. The molecule has 1 aliphatic rings. The Morgan fingerprint density at radius 3 is 2.74 bits per heavy atom. The zero-order valence-electron chi connectivity index (χ0n) is 11.5. The molecule has 1 aromatic rings. The van der Waals surface area contributed by atoms with Crippen LogP contribution in [-0.2, 0) is 0 Å². The van der Waals surface area contributed by atoms with E-state index in [9.17, 15) is 0 Å². The van der Waals surface area contributed by atoms with Gasteiger partial charge in [-0.3, -0.25) is 0 Å². The molecule has 0 bridgehead atoms. The predicted molar refractivity (Wildman–Crippen MR) is 87.9 cm³/mol. The topological polar surface area (TPSA) is 0 Å². The normalized spacial score (nSPS) is 23.1. The minimum Gasteiger partial charge on any atom is -0.0988 e. The van der Waals surface area contributed by atoms with Gasteiger partial charge in [0, 0.05) is 9.89 Å². The molecule has 0 saturated heterocycles. The SMILES string of the molecule is C=C/C(=C\C)C1(C)C=CC(c2cccc(Br)c2)=CC1. The van der Waals surface area contributed by atoms with Crippen LogP contribution < -0.4 is 0 Å². The second-order valence-electron chi connectivity index (χ2n) is 5.07. The van der Waals surface area contributed by atoms with Gasteiger partial charge >= 0.3 is 0 Å². The van der Waals surface area contributed by atoms with E-state index >= 15 is 0 Å². The van der Waals surface area contributed by atoms with Crippen LogP contribution in [0, 0.1) is 5.41 Å². The quantitative estimate of drug-likeness (QED) is 0.606. The Morgan fingerprint density at radius 2 is 2.21 bits per heavy atom. The van der Waals surface area contributed by atoms with Crippen LogP contribution in [0.15, 0.2) is 71.3 Å². The number of allylic oxidation sites excluding steroid dienone is 7. The smallest absolute Gasteiger partial charge is 0.0181 e. The first kappa shape index (κ1) is 14.1. The monoisotopic (exact) mass is 314 g/mol. The van der Waals surface area contributed by atoms with Crippen LogP contribution in [0.25, 0.3) is 5.57 Å². The van der Waals surface area contributed by atoms with Crippen LogP contribution in [0.4, 0.5) is 0 Å². The molecule has 0 spiro atoms. The van der Waals surface area contributed by atoms with Gasteiger partial charge in [0.2, 0.25) is 0 Å². The summed E-state index contributed by atoms with van der Waals surface area (Å²) in [5.74, 6) is 0. The maximum absolute atomic E-state index is 3.91. The molecular weight excluding hydrogens is 296 g/mol. The largest absolute Gasteiger partial charge is 0.0988 e. The summed E-state index contributed by atoms with van der Waals surface area (Å²) in [6.07, 6.45) is 11.9. The number of halogens is 1. The maximum atomic E-state index is 3.91. The summed E-state index contributed by atoms with van der Waals surface area (Å²) < 4.78 is 1.12. The molecule has 0 aromatic heterocycles. The number of hydrogen-bond donors (Lipinski definition) is 0. The van der Waals surface area contributed by atoms with Crippen LogP contribution in [0.3, 0.4) is 0 Å². The maximum Gasteiger partial charge on any atom is 0.0181 e. The molecule has 1 aromatic carbocycles. The first-order chi connectivity index (χ1) is 9.09. The van der Waals surface area contributed by atoms with E-state index in [1.165, 1.54) is 16.7 Å². The molecule has 0 heterocycles. The van der Waals surface area contributed by atoms with E-state index in [1.54, 1.807) is 0 Å². The highest BCUT2D eigenvalue weighted by Crippen LogP contribution is 2.39. The summed E-state index contributed by atoms with van der Waals surface area (Å²) in [6, 6.07) is 8.43.